The van der Waals surface area contributed by atoms with E-state index in [-0.39, 0.29) is 11.5 Å². The Morgan fingerprint density at radius 2 is 1.95 bits per heavy atom. The second-order valence-corrected chi connectivity index (χ2v) is 6.38. The molecule has 0 radical (unpaired) electrons. The van der Waals surface area contributed by atoms with Crippen LogP contribution in [0.1, 0.15) is 11.4 Å². The summed E-state index contributed by atoms with van der Waals surface area (Å²) in [7, 11) is 1.55. The van der Waals surface area contributed by atoms with Crippen molar-refractivity contribution < 1.29 is 13.2 Å². The van der Waals surface area contributed by atoms with Crippen LogP contribution in [0.3, 0.4) is 0 Å². The van der Waals surface area contributed by atoms with E-state index < -0.39 is 9.05 Å². The van der Waals surface area contributed by atoms with Crippen molar-refractivity contribution in [3.8, 4) is 5.75 Å². The van der Waals surface area contributed by atoms with E-state index in [4.69, 9.17) is 15.4 Å². The molecule has 19 heavy (non-hydrogen) atoms. The van der Waals surface area contributed by atoms with Crippen LogP contribution in [0.5, 0.6) is 5.75 Å². The lowest BCUT2D eigenvalue weighted by molar-refractivity contribution is 0.293. The molecule has 0 amide bonds. The molecule has 0 unspecified atom stereocenters. The van der Waals surface area contributed by atoms with Gasteiger partial charge in [-0.3, -0.25) is 0 Å². The van der Waals surface area contributed by atoms with Crippen LogP contribution < -0.4 is 4.74 Å². The number of halogens is 1. The van der Waals surface area contributed by atoms with E-state index in [0.29, 0.717) is 17.1 Å². The van der Waals surface area contributed by atoms with Gasteiger partial charge in [0.2, 0.25) is 0 Å². The Labute approximate surface area is 115 Å². The molecule has 0 spiro atoms. The van der Waals surface area contributed by atoms with Crippen LogP contribution in [0, 0.1) is 6.92 Å². The molecule has 1 aromatic heterocycles. The van der Waals surface area contributed by atoms with Gasteiger partial charge in [0.1, 0.15) is 12.4 Å². The fourth-order valence-electron chi connectivity index (χ4n) is 1.48. The number of benzene rings is 1. The first-order valence-corrected chi connectivity index (χ1v) is 7.72. The van der Waals surface area contributed by atoms with Gasteiger partial charge in [0.25, 0.3) is 9.05 Å². The third kappa shape index (κ3) is 3.65. The summed E-state index contributed by atoms with van der Waals surface area (Å²) >= 11 is 0. The van der Waals surface area contributed by atoms with Gasteiger partial charge in [0, 0.05) is 23.1 Å². The molecule has 0 N–H and O–H groups in total. The van der Waals surface area contributed by atoms with E-state index in [1.807, 2.05) is 0 Å². The lowest BCUT2D eigenvalue weighted by Crippen LogP contribution is -2.02. The second-order valence-electron chi connectivity index (χ2n) is 3.82. The van der Waals surface area contributed by atoms with E-state index in [9.17, 15) is 8.42 Å². The summed E-state index contributed by atoms with van der Waals surface area (Å²) in [6.07, 6.45) is 3.25. The number of aryl methyl sites for hydroxylation is 1. The summed E-state index contributed by atoms with van der Waals surface area (Å²) in [5, 5.41) is 0. The highest BCUT2D eigenvalue weighted by Crippen LogP contribution is 2.24. The Kier molecular flexibility index (Phi) is 4.01. The predicted octanol–water partition coefficient (Wildman–Crippen LogP) is 2.29. The molecule has 2 rings (SSSR count). The third-order valence-corrected chi connectivity index (χ3v) is 3.76. The monoisotopic (exact) mass is 298 g/mol. The molecular formula is C12H11ClN2O3S. The minimum absolute atomic E-state index is 0.0509. The van der Waals surface area contributed by atoms with Crippen LogP contribution in [0.25, 0.3) is 0 Å². The van der Waals surface area contributed by atoms with Crippen LogP contribution >= 0.6 is 10.7 Å². The number of nitrogens with zero attached hydrogens (tertiary/aromatic N) is 2. The maximum absolute atomic E-state index is 11.2. The maximum Gasteiger partial charge on any atom is 0.261 e. The molecule has 0 atom stereocenters. The molecule has 0 aliphatic rings. The van der Waals surface area contributed by atoms with Crippen molar-refractivity contribution in [3.05, 3.63) is 48.0 Å². The van der Waals surface area contributed by atoms with Gasteiger partial charge in [-0.15, -0.1) is 0 Å². The molecule has 0 fully saturated rings. The molecule has 0 bridgehead atoms. The molecular weight excluding hydrogens is 288 g/mol. The van der Waals surface area contributed by atoms with Crippen molar-refractivity contribution in [2.75, 3.05) is 0 Å². The van der Waals surface area contributed by atoms with Gasteiger partial charge in [-0.2, -0.15) is 0 Å². The van der Waals surface area contributed by atoms with Crippen molar-refractivity contribution >= 4 is 19.7 Å². The SMILES string of the molecule is Cc1cc(S(=O)(=O)Cl)ccc1OCc1ncccn1. The van der Waals surface area contributed by atoms with Gasteiger partial charge in [0.05, 0.1) is 4.90 Å². The summed E-state index contributed by atoms with van der Waals surface area (Å²) < 4.78 is 27.9. The molecule has 1 aromatic carbocycles. The molecule has 0 saturated carbocycles. The fourth-order valence-corrected chi connectivity index (χ4v) is 2.32. The highest BCUT2D eigenvalue weighted by molar-refractivity contribution is 8.13. The summed E-state index contributed by atoms with van der Waals surface area (Å²) in [6.45, 7) is 1.96. The Hall–Kier alpha value is -1.66. The van der Waals surface area contributed by atoms with Crippen LogP contribution in [0.4, 0.5) is 0 Å². The van der Waals surface area contributed by atoms with Gasteiger partial charge in [-0.1, -0.05) is 0 Å². The Morgan fingerprint density at radius 3 is 2.53 bits per heavy atom. The van der Waals surface area contributed by atoms with E-state index in [1.54, 1.807) is 31.5 Å². The zero-order valence-corrected chi connectivity index (χ0v) is 11.6. The summed E-state index contributed by atoms with van der Waals surface area (Å²) in [4.78, 5) is 8.11. The predicted molar refractivity (Wildman–Crippen MR) is 70.6 cm³/mol. The normalized spacial score (nSPS) is 11.3. The number of hydrogen-bond acceptors (Lipinski definition) is 5. The Bertz CT molecular complexity index is 675. The van der Waals surface area contributed by atoms with Crippen molar-refractivity contribution in [2.45, 2.75) is 18.4 Å². The minimum atomic E-state index is -3.72. The largest absolute Gasteiger partial charge is 0.485 e. The molecule has 0 saturated heterocycles. The van der Waals surface area contributed by atoms with Crippen molar-refractivity contribution in [1.82, 2.24) is 9.97 Å². The second kappa shape index (κ2) is 5.54. The lowest BCUT2D eigenvalue weighted by atomic mass is 10.2. The number of rotatable bonds is 4. The molecule has 100 valence electrons. The van der Waals surface area contributed by atoms with Crippen LogP contribution in [0.2, 0.25) is 0 Å². The molecule has 2 aromatic rings. The summed E-state index contributed by atoms with van der Waals surface area (Å²) in [5.41, 5.74) is 0.678. The average Bonchev–Trinajstić information content (AvgIpc) is 2.37. The number of aromatic nitrogens is 2. The quantitative estimate of drug-likeness (QED) is 0.810. The summed E-state index contributed by atoms with van der Waals surface area (Å²) in [5.74, 6) is 1.12. The topological polar surface area (TPSA) is 69.2 Å². The Balaban J connectivity index is 2.14. The highest BCUT2D eigenvalue weighted by atomic mass is 35.7. The average molecular weight is 299 g/mol. The first-order valence-electron chi connectivity index (χ1n) is 5.41. The maximum atomic E-state index is 11.2. The van der Waals surface area contributed by atoms with Gasteiger partial charge in [0.15, 0.2) is 5.82 Å². The van der Waals surface area contributed by atoms with E-state index in [1.165, 1.54) is 12.1 Å². The van der Waals surface area contributed by atoms with Crippen LogP contribution in [-0.4, -0.2) is 18.4 Å². The van der Waals surface area contributed by atoms with Crippen LogP contribution in [0.15, 0.2) is 41.6 Å². The highest BCUT2D eigenvalue weighted by Gasteiger charge is 2.12. The van der Waals surface area contributed by atoms with Gasteiger partial charge in [-0.25, -0.2) is 18.4 Å². The zero-order valence-electron chi connectivity index (χ0n) is 10.1. The zero-order chi connectivity index (χ0) is 13.9. The summed E-state index contributed by atoms with van der Waals surface area (Å²) in [6, 6.07) is 6.14. The van der Waals surface area contributed by atoms with Crippen LogP contribution in [-0.2, 0) is 15.7 Å². The third-order valence-electron chi connectivity index (χ3n) is 2.40. The first-order chi connectivity index (χ1) is 8.97. The van der Waals surface area contributed by atoms with Gasteiger partial charge >= 0.3 is 0 Å². The Morgan fingerprint density at radius 1 is 1.26 bits per heavy atom. The fraction of sp³-hybridized carbons (Fsp3) is 0.167. The van der Waals surface area contributed by atoms with E-state index >= 15 is 0 Å². The number of hydrogen-bond donors (Lipinski definition) is 0. The minimum Gasteiger partial charge on any atom is -0.485 e. The van der Waals surface area contributed by atoms with Crippen molar-refractivity contribution in [2.24, 2.45) is 0 Å². The molecule has 1 heterocycles. The van der Waals surface area contributed by atoms with Crippen molar-refractivity contribution in [1.29, 1.82) is 0 Å². The van der Waals surface area contributed by atoms with Gasteiger partial charge in [-0.05, 0) is 36.8 Å². The molecule has 0 aliphatic heterocycles. The molecule has 0 aliphatic carbocycles. The van der Waals surface area contributed by atoms with E-state index in [2.05, 4.69) is 9.97 Å². The standard InChI is InChI=1S/C12H11ClN2O3S/c1-9-7-10(19(13,16)17)3-4-11(9)18-8-12-14-5-2-6-15-12/h2-7H,8H2,1H3. The number of ether oxygens (including phenoxy) is 1. The molecule has 7 heteroatoms. The smallest absolute Gasteiger partial charge is 0.261 e. The molecule has 5 nitrogen and oxygen atoms in total. The van der Waals surface area contributed by atoms with E-state index in [0.717, 1.165) is 0 Å². The van der Waals surface area contributed by atoms with Crippen molar-refractivity contribution in [3.63, 3.8) is 0 Å². The first kappa shape index (κ1) is 13.8. The lowest BCUT2D eigenvalue weighted by Gasteiger charge is -2.08. The van der Waals surface area contributed by atoms with Gasteiger partial charge < -0.3 is 4.74 Å².